The molecule has 4 heteroatoms. The van der Waals surface area contributed by atoms with E-state index < -0.39 is 5.97 Å². The molecule has 1 saturated carbocycles. The van der Waals surface area contributed by atoms with Crippen molar-refractivity contribution in [2.24, 2.45) is 11.8 Å². The Balaban J connectivity index is 1.88. The van der Waals surface area contributed by atoms with Crippen molar-refractivity contribution in [2.45, 2.75) is 12.5 Å². The molecule has 2 atom stereocenters. The lowest BCUT2D eigenvalue weighted by molar-refractivity contribution is -0.0531. The van der Waals surface area contributed by atoms with Crippen LogP contribution in [0.1, 0.15) is 16.8 Å². The molecule has 4 rings (SSSR count). The molecule has 2 heterocycles. The largest absolute Gasteiger partial charge is 0.478 e. The molecule has 4 nitrogen and oxygen atoms in total. The van der Waals surface area contributed by atoms with Gasteiger partial charge in [-0.25, -0.2) is 4.79 Å². The third-order valence-electron chi connectivity index (χ3n) is 3.96. The van der Waals surface area contributed by atoms with Gasteiger partial charge in [0.15, 0.2) is 0 Å². The van der Waals surface area contributed by atoms with Crippen LogP contribution in [0.15, 0.2) is 24.3 Å². The lowest BCUT2D eigenvalue weighted by Crippen LogP contribution is -2.58. The van der Waals surface area contributed by atoms with Crippen LogP contribution in [0.4, 0.5) is 5.69 Å². The maximum atomic E-state index is 11.1. The molecule has 2 aliphatic heterocycles. The molecular weight excluding hydrogens is 218 g/mol. The van der Waals surface area contributed by atoms with Gasteiger partial charge in [0, 0.05) is 24.9 Å². The number of carboxylic acid groups (broad SMARTS) is 1. The van der Waals surface area contributed by atoms with Crippen LogP contribution in [0, 0.1) is 11.8 Å². The maximum absolute atomic E-state index is 11.1. The summed E-state index contributed by atoms with van der Waals surface area (Å²) in [5.41, 5.74) is 1.13. The molecule has 2 unspecified atom stereocenters. The van der Waals surface area contributed by atoms with Gasteiger partial charge >= 0.3 is 5.97 Å². The molecule has 2 saturated heterocycles. The number of fused-ring (bicyclic) bond motifs is 2. The molecule has 0 radical (unpaired) electrons. The molecule has 3 aliphatic rings. The number of piperidine rings is 2. The second-order valence-corrected chi connectivity index (χ2v) is 4.97. The van der Waals surface area contributed by atoms with E-state index in [2.05, 4.69) is 4.90 Å². The van der Waals surface area contributed by atoms with E-state index in [1.807, 2.05) is 12.1 Å². The minimum atomic E-state index is -0.889. The van der Waals surface area contributed by atoms with Crippen LogP contribution < -0.4 is 4.90 Å². The Labute approximate surface area is 99.5 Å². The van der Waals surface area contributed by atoms with E-state index in [0.717, 1.165) is 25.2 Å². The van der Waals surface area contributed by atoms with Crippen molar-refractivity contribution in [3.05, 3.63) is 29.8 Å². The molecule has 17 heavy (non-hydrogen) atoms. The highest BCUT2D eigenvalue weighted by Gasteiger charge is 2.46. The van der Waals surface area contributed by atoms with Gasteiger partial charge in [-0.05, 0) is 18.6 Å². The Morgan fingerprint density at radius 2 is 1.88 bits per heavy atom. The van der Waals surface area contributed by atoms with Gasteiger partial charge in [0.25, 0.3) is 0 Å². The molecule has 90 valence electrons. The summed E-state index contributed by atoms with van der Waals surface area (Å²) < 4.78 is 0. The van der Waals surface area contributed by atoms with Crippen molar-refractivity contribution in [3.63, 3.8) is 0 Å². The first-order valence-corrected chi connectivity index (χ1v) is 5.92. The molecular formula is C13H15NO3. The Bertz CT molecular complexity index is 448. The highest BCUT2D eigenvalue weighted by Crippen LogP contribution is 2.42. The van der Waals surface area contributed by atoms with Gasteiger partial charge in [0.1, 0.15) is 0 Å². The van der Waals surface area contributed by atoms with Crippen molar-refractivity contribution < 1.29 is 15.0 Å². The van der Waals surface area contributed by atoms with Crippen molar-refractivity contribution in [1.82, 2.24) is 0 Å². The zero-order chi connectivity index (χ0) is 12.0. The average Bonchev–Trinajstić information content (AvgIpc) is 2.38. The summed E-state index contributed by atoms with van der Waals surface area (Å²) in [5.74, 6) is -0.258. The molecule has 1 aliphatic carbocycles. The summed E-state index contributed by atoms with van der Waals surface area (Å²) in [5, 5.41) is 18.9. The summed E-state index contributed by atoms with van der Waals surface area (Å²) in [6.45, 7) is 1.53. The van der Waals surface area contributed by atoms with E-state index in [-0.39, 0.29) is 6.10 Å². The topological polar surface area (TPSA) is 60.8 Å². The number of hydrogen-bond acceptors (Lipinski definition) is 3. The summed E-state index contributed by atoms with van der Waals surface area (Å²) in [6.07, 6.45) is 0.899. The van der Waals surface area contributed by atoms with E-state index >= 15 is 0 Å². The molecule has 0 aromatic heterocycles. The standard InChI is InChI=1S/C13H15NO3/c15-12-8-5-9(12)7-14(6-8)11-4-2-1-3-10(11)13(16)17/h1-4,8-9,12,15H,5-7H2,(H,16,17). The maximum Gasteiger partial charge on any atom is 0.337 e. The minimum absolute atomic E-state index is 0.178. The molecule has 1 aromatic rings. The molecule has 1 aromatic carbocycles. The van der Waals surface area contributed by atoms with Gasteiger partial charge in [-0.3, -0.25) is 0 Å². The fourth-order valence-corrected chi connectivity index (χ4v) is 2.99. The Kier molecular flexibility index (Phi) is 2.33. The number of anilines is 1. The normalized spacial score (nSPS) is 30.9. The van der Waals surface area contributed by atoms with Crippen LogP contribution in [-0.2, 0) is 0 Å². The number of para-hydroxylation sites is 1. The van der Waals surface area contributed by atoms with Crippen LogP contribution in [0.2, 0.25) is 0 Å². The van der Waals surface area contributed by atoms with Crippen LogP contribution in [-0.4, -0.2) is 35.4 Å². The monoisotopic (exact) mass is 233 g/mol. The third-order valence-corrected chi connectivity index (χ3v) is 3.96. The minimum Gasteiger partial charge on any atom is -0.478 e. The smallest absolute Gasteiger partial charge is 0.337 e. The van der Waals surface area contributed by atoms with Gasteiger partial charge < -0.3 is 15.1 Å². The summed E-state index contributed by atoms with van der Waals surface area (Å²) in [6, 6.07) is 7.08. The Morgan fingerprint density at radius 1 is 1.24 bits per heavy atom. The van der Waals surface area contributed by atoms with E-state index in [4.69, 9.17) is 5.11 Å². The fraction of sp³-hybridized carbons (Fsp3) is 0.462. The van der Waals surface area contributed by atoms with Crippen LogP contribution >= 0.6 is 0 Å². The van der Waals surface area contributed by atoms with Gasteiger partial charge in [0.2, 0.25) is 0 Å². The number of hydrogen-bond donors (Lipinski definition) is 2. The van der Waals surface area contributed by atoms with Crippen LogP contribution in [0.3, 0.4) is 0 Å². The second-order valence-electron chi connectivity index (χ2n) is 4.97. The number of aromatic carboxylic acids is 1. The first-order chi connectivity index (χ1) is 8.16. The first kappa shape index (κ1) is 10.6. The SMILES string of the molecule is O=C(O)c1ccccc1N1CC2CC(C1)C2O. The molecule has 0 spiro atoms. The van der Waals surface area contributed by atoms with Crippen molar-refractivity contribution in [2.75, 3.05) is 18.0 Å². The summed E-state index contributed by atoms with van der Waals surface area (Å²) in [7, 11) is 0. The van der Waals surface area contributed by atoms with Crippen molar-refractivity contribution in [3.8, 4) is 0 Å². The van der Waals surface area contributed by atoms with Gasteiger partial charge in [0.05, 0.1) is 17.4 Å². The number of benzene rings is 1. The predicted molar refractivity (Wildman–Crippen MR) is 63.2 cm³/mol. The van der Waals surface area contributed by atoms with Gasteiger partial charge in [-0.2, -0.15) is 0 Å². The van der Waals surface area contributed by atoms with Crippen LogP contribution in [0.5, 0.6) is 0 Å². The average molecular weight is 233 g/mol. The third kappa shape index (κ3) is 1.60. The van der Waals surface area contributed by atoms with E-state index in [0.29, 0.717) is 17.4 Å². The summed E-state index contributed by atoms with van der Waals surface area (Å²) >= 11 is 0. The number of nitrogens with zero attached hydrogens (tertiary/aromatic N) is 1. The van der Waals surface area contributed by atoms with Crippen molar-refractivity contribution >= 4 is 11.7 Å². The molecule has 2 bridgehead atoms. The highest BCUT2D eigenvalue weighted by atomic mass is 16.4. The number of aliphatic hydroxyl groups excluding tert-OH is 1. The Morgan fingerprint density at radius 3 is 2.47 bits per heavy atom. The van der Waals surface area contributed by atoms with E-state index in [9.17, 15) is 9.90 Å². The summed E-state index contributed by atoms with van der Waals surface area (Å²) in [4.78, 5) is 13.2. The zero-order valence-electron chi connectivity index (χ0n) is 9.41. The molecule has 3 fully saturated rings. The predicted octanol–water partition coefficient (Wildman–Crippen LogP) is 1.20. The van der Waals surface area contributed by atoms with Crippen molar-refractivity contribution in [1.29, 1.82) is 0 Å². The zero-order valence-corrected chi connectivity index (χ0v) is 9.41. The molecule has 0 amide bonds. The highest BCUT2D eigenvalue weighted by molar-refractivity contribution is 5.94. The van der Waals surface area contributed by atoms with E-state index in [1.165, 1.54) is 0 Å². The number of carboxylic acids is 1. The quantitative estimate of drug-likeness (QED) is 0.805. The lowest BCUT2D eigenvalue weighted by atomic mass is 9.68. The van der Waals surface area contributed by atoms with Crippen LogP contribution in [0.25, 0.3) is 0 Å². The number of carbonyl (C=O) groups is 1. The number of aliphatic hydroxyl groups is 1. The fourth-order valence-electron chi connectivity index (χ4n) is 2.99. The Hall–Kier alpha value is -1.55. The number of rotatable bonds is 2. The van der Waals surface area contributed by atoms with Gasteiger partial charge in [-0.1, -0.05) is 12.1 Å². The van der Waals surface area contributed by atoms with Gasteiger partial charge in [-0.15, -0.1) is 0 Å². The first-order valence-electron chi connectivity index (χ1n) is 5.92. The lowest BCUT2D eigenvalue weighted by Gasteiger charge is -2.52. The molecule has 2 N–H and O–H groups in total. The second kappa shape index (κ2) is 3.74. The van der Waals surface area contributed by atoms with E-state index in [1.54, 1.807) is 12.1 Å².